The highest BCUT2D eigenvalue weighted by Gasteiger charge is 2.33. The molecule has 0 aromatic carbocycles. The summed E-state index contributed by atoms with van der Waals surface area (Å²) in [4.78, 5) is 0. The predicted octanol–water partition coefficient (Wildman–Crippen LogP) is 1.07. The number of tetrazole rings is 1. The van der Waals surface area contributed by atoms with Gasteiger partial charge in [0.25, 0.3) is 0 Å². The highest BCUT2D eigenvalue weighted by atomic mass is 15.5. The van der Waals surface area contributed by atoms with Crippen molar-refractivity contribution in [3.63, 3.8) is 0 Å². The van der Waals surface area contributed by atoms with Crippen molar-refractivity contribution in [2.24, 2.45) is 17.8 Å². The van der Waals surface area contributed by atoms with Gasteiger partial charge in [0.1, 0.15) is 0 Å². The summed E-state index contributed by atoms with van der Waals surface area (Å²) >= 11 is 0. The fraction of sp³-hybridized carbons (Fsp3) is 0.909. The molecular weight excluding hydrogens is 202 g/mol. The van der Waals surface area contributed by atoms with Crippen molar-refractivity contribution in [2.45, 2.75) is 40.3 Å². The summed E-state index contributed by atoms with van der Waals surface area (Å²) in [6, 6.07) is 0. The third kappa shape index (κ3) is 3.01. The summed E-state index contributed by atoms with van der Waals surface area (Å²) in [5, 5.41) is 15.2. The molecule has 0 amide bonds. The van der Waals surface area contributed by atoms with Crippen molar-refractivity contribution in [3.8, 4) is 0 Å². The van der Waals surface area contributed by atoms with Crippen LogP contribution in [0.5, 0.6) is 0 Å². The number of nitrogens with zero attached hydrogens (tertiary/aromatic N) is 4. The van der Waals surface area contributed by atoms with Gasteiger partial charge >= 0.3 is 0 Å². The first-order chi connectivity index (χ1) is 7.66. The van der Waals surface area contributed by atoms with Crippen molar-refractivity contribution in [1.29, 1.82) is 0 Å². The molecule has 5 heteroatoms. The van der Waals surface area contributed by atoms with Crippen molar-refractivity contribution in [2.75, 3.05) is 6.54 Å². The lowest BCUT2D eigenvalue weighted by Gasteiger charge is -2.07. The Morgan fingerprint density at radius 2 is 2.25 bits per heavy atom. The first-order valence-corrected chi connectivity index (χ1v) is 6.12. The molecule has 1 aromatic rings. The largest absolute Gasteiger partial charge is 0.310 e. The maximum atomic E-state index is 4.06. The molecule has 1 aliphatic rings. The van der Waals surface area contributed by atoms with Gasteiger partial charge in [-0.3, -0.25) is 0 Å². The lowest BCUT2D eigenvalue weighted by atomic mass is 10.2. The Morgan fingerprint density at radius 3 is 2.88 bits per heavy atom. The minimum absolute atomic E-state index is 0.660. The highest BCUT2D eigenvalue weighted by molar-refractivity contribution is 4.87. The van der Waals surface area contributed by atoms with E-state index in [9.17, 15) is 0 Å². The van der Waals surface area contributed by atoms with Crippen LogP contribution >= 0.6 is 0 Å². The number of hydrogen-bond acceptors (Lipinski definition) is 4. The zero-order valence-electron chi connectivity index (χ0n) is 10.3. The highest BCUT2D eigenvalue weighted by Crippen LogP contribution is 2.38. The Labute approximate surface area is 96.6 Å². The standard InChI is InChI=1S/C11H21N5/c1-8(2)5-12-6-11-13-14-15-16(11)7-10-4-9(10)3/h8-10,12H,4-7H2,1-3H3. The summed E-state index contributed by atoms with van der Waals surface area (Å²) in [5.74, 6) is 3.25. The molecule has 16 heavy (non-hydrogen) atoms. The predicted molar refractivity (Wildman–Crippen MR) is 61.6 cm³/mol. The summed E-state index contributed by atoms with van der Waals surface area (Å²) < 4.78 is 1.95. The van der Waals surface area contributed by atoms with Gasteiger partial charge in [-0.05, 0) is 41.1 Å². The maximum Gasteiger partial charge on any atom is 0.165 e. The lowest BCUT2D eigenvalue weighted by molar-refractivity contribution is 0.481. The van der Waals surface area contributed by atoms with Crippen LogP contribution in [0.15, 0.2) is 0 Å². The van der Waals surface area contributed by atoms with E-state index < -0.39 is 0 Å². The van der Waals surface area contributed by atoms with Crippen LogP contribution in [-0.4, -0.2) is 26.8 Å². The van der Waals surface area contributed by atoms with Crippen LogP contribution in [0.2, 0.25) is 0 Å². The average Bonchev–Trinajstić information content (AvgIpc) is 2.74. The van der Waals surface area contributed by atoms with Crippen molar-refractivity contribution < 1.29 is 0 Å². The third-order valence-electron chi connectivity index (χ3n) is 3.13. The summed E-state index contributed by atoms with van der Waals surface area (Å²) in [7, 11) is 0. The zero-order valence-corrected chi connectivity index (χ0v) is 10.3. The number of hydrogen-bond donors (Lipinski definition) is 1. The molecule has 1 fully saturated rings. The van der Waals surface area contributed by atoms with Gasteiger partial charge < -0.3 is 5.32 Å². The molecule has 0 aliphatic heterocycles. The number of nitrogens with one attached hydrogen (secondary N) is 1. The number of aromatic nitrogens is 4. The molecule has 1 aliphatic carbocycles. The van der Waals surface area contributed by atoms with Crippen LogP contribution in [0, 0.1) is 17.8 Å². The second-order valence-electron chi connectivity index (χ2n) is 5.28. The smallest absolute Gasteiger partial charge is 0.165 e. The van der Waals surface area contributed by atoms with Crippen LogP contribution in [0.4, 0.5) is 0 Å². The molecular formula is C11H21N5. The molecule has 1 aromatic heterocycles. The summed E-state index contributed by atoms with van der Waals surface area (Å²) in [6.07, 6.45) is 1.32. The Hall–Kier alpha value is -0.970. The first kappa shape index (κ1) is 11.5. The molecule has 1 saturated carbocycles. The van der Waals surface area contributed by atoms with Crippen molar-refractivity contribution in [1.82, 2.24) is 25.5 Å². The minimum Gasteiger partial charge on any atom is -0.310 e. The maximum absolute atomic E-state index is 4.06. The Kier molecular flexibility index (Phi) is 3.53. The summed E-state index contributed by atoms with van der Waals surface area (Å²) in [6.45, 7) is 9.43. The van der Waals surface area contributed by atoms with Gasteiger partial charge in [-0.2, -0.15) is 0 Å². The first-order valence-electron chi connectivity index (χ1n) is 6.12. The second kappa shape index (κ2) is 4.91. The molecule has 2 rings (SSSR count). The van der Waals surface area contributed by atoms with E-state index >= 15 is 0 Å². The van der Waals surface area contributed by atoms with Crippen molar-refractivity contribution >= 4 is 0 Å². The fourth-order valence-corrected chi connectivity index (χ4v) is 1.84. The fourth-order valence-electron chi connectivity index (χ4n) is 1.84. The van der Waals surface area contributed by atoms with Crippen LogP contribution < -0.4 is 5.32 Å². The van der Waals surface area contributed by atoms with E-state index in [0.717, 1.165) is 37.3 Å². The number of rotatable bonds is 6. The molecule has 5 nitrogen and oxygen atoms in total. The molecule has 1 heterocycles. The molecule has 90 valence electrons. The Balaban J connectivity index is 1.81. The normalized spacial score (nSPS) is 24.0. The van der Waals surface area contributed by atoms with E-state index in [1.165, 1.54) is 6.42 Å². The van der Waals surface area contributed by atoms with Gasteiger partial charge in [0.2, 0.25) is 0 Å². The molecule has 0 spiro atoms. The van der Waals surface area contributed by atoms with Gasteiger partial charge in [-0.25, -0.2) is 4.68 Å². The quantitative estimate of drug-likeness (QED) is 0.784. The van der Waals surface area contributed by atoms with E-state index in [0.29, 0.717) is 5.92 Å². The molecule has 0 radical (unpaired) electrons. The van der Waals surface area contributed by atoms with Gasteiger partial charge in [0, 0.05) is 6.54 Å². The second-order valence-corrected chi connectivity index (χ2v) is 5.28. The monoisotopic (exact) mass is 223 g/mol. The average molecular weight is 223 g/mol. The van der Waals surface area contributed by atoms with E-state index in [4.69, 9.17) is 0 Å². The summed E-state index contributed by atoms with van der Waals surface area (Å²) in [5.41, 5.74) is 0. The molecule has 0 saturated heterocycles. The SMILES string of the molecule is CC(C)CNCc1nnnn1CC1CC1C. The van der Waals surface area contributed by atoms with E-state index in [1.54, 1.807) is 0 Å². The molecule has 2 unspecified atom stereocenters. The lowest BCUT2D eigenvalue weighted by Crippen LogP contribution is -2.22. The Bertz CT molecular complexity index is 333. The Morgan fingerprint density at radius 1 is 1.50 bits per heavy atom. The van der Waals surface area contributed by atoms with Crippen molar-refractivity contribution in [3.05, 3.63) is 5.82 Å². The van der Waals surface area contributed by atoms with Gasteiger partial charge in [-0.15, -0.1) is 5.10 Å². The van der Waals surface area contributed by atoms with Crippen LogP contribution in [0.1, 0.15) is 33.0 Å². The van der Waals surface area contributed by atoms with Gasteiger partial charge in [0.05, 0.1) is 6.54 Å². The molecule has 0 bridgehead atoms. The third-order valence-corrected chi connectivity index (χ3v) is 3.13. The van der Waals surface area contributed by atoms with E-state index in [2.05, 4.69) is 41.6 Å². The topological polar surface area (TPSA) is 55.6 Å². The van der Waals surface area contributed by atoms with Crippen LogP contribution in [0.3, 0.4) is 0 Å². The minimum atomic E-state index is 0.660. The van der Waals surface area contributed by atoms with Gasteiger partial charge in [0.15, 0.2) is 5.82 Å². The van der Waals surface area contributed by atoms with Crippen LogP contribution in [-0.2, 0) is 13.1 Å². The van der Waals surface area contributed by atoms with Gasteiger partial charge in [-0.1, -0.05) is 20.8 Å². The van der Waals surface area contributed by atoms with E-state index in [-0.39, 0.29) is 0 Å². The molecule has 2 atom stereocenters. The molecule has 1 N–H and O–H groups in total. The zero-order chi connectivity index (χ0) is 11.5. The van der Waals surface area contributed by atoms with Crippen LogP contribution in [0.25, 0.3) is 0 Å². The van der Waals surface area contributed by atoms with E-state index in [1.807, 2.05) is 4.68 Å².